The molecule has 7 atom stereocenters. The van der Waals surface area contributed by atoms with Gasteiger partial charge in [-0.3, -0.25) is 10.2 Å². The summed E-state index contributed by atoms with van der Waals surface area (Å²) in [6.07, 6.45) is 5.22. The molecule has 3 fully saturated rings. The Bertz CT molecular complexity index is 518. The maximum Gasteiger partial charge on any atom is 0.107 e. The monoisotopic (exact) mass is 385 g/mol. The van der Waals surface area contributed by atoms with Gasteiger partial charge >= 0.3 is 0 Å². The Kier molecular flexibility index (Phi) is 6.18. The quantitative estimate of drug-likeness (QED) is 0.429. The van der Waals surface area contributed by atoms with E-state index in [0.29, 0.717) is 18.3 Å². The SMILES string of the molecule is NCC1CCN(C2NC(C3CCC(Cl)CC3F)NCC2C2=CCNC2)C1. The third-order valence-electron chi connectivity index (χ3n) is 6.83. The van der Waals surface area contributed by atoms with Crippen LogP contribution in [0.25, 0.3) is 0 Å². The second-order valence-electron chi connectivity index (χ2n) is 8.49. The summed E-state index contributed by atoms with van der Waals surface area (Å²) in [7, 11) is 0. The summed E-state index contributed by atoms with van der Waals surface area (Å²) >= 11 is 6.17. The second kappa shape index (κ2) is 8.41. The molecule has 0 aromatic heterocycles. The van der Waals surface area contributed by atoms with E-state index in [4.69, 9.17) is 17.3 Å². The summed E-state index contributed by atoms with van der Waals surface area (Å²) in [6, 6.07) is 0. The fourth-order valence-electron chi connectivity index (χ4n) is 5.24. The van der Waals surface area contributed by atoms with Crippen molar-refractivity contribution in [3.8, 4) is 0 Å². The molecule has 5 N–H and O–H groups in total. The normalized spacial score (nSPS) is 45.0. The predicted molar refractivity (Wildman–Crippen MR) is 104 cm³/mol. The van der Waals surface area contributed by atoms with Crippen LogP contribution in [0.3, 0.4) is 0 Å². The van der Waals surface area contributed by atoms with Crippen molar-refractivity contribution in [1.29, 1.82) is 0 Å². The van der Waals surface area contributed by atoms with Crippen molar-refractivity contribution in [2.45, 2.75) is 49.6 Å². The molecule has 2 saturated heterocycles. The molecule has 7 heteroatoms. The fourth-order valence-corrected chi connectivity index (χ4v) is 5.54. The van der Waals surface area contributed by atoms with Gasteiger partial charge in [-0.05, 0) is 38.1 Å². The minimum atomic E-state index is -0.823. The number of hydrogen-bond acceptors (Lipinski definition) is 5. The highest BCUT2D eigenvalue weighted by atomic mass is 35.5. The van der Waals surface area contributed by atoms with E-state index in [0.717, 1.165) is 52.1 Å². The number of nitrogens with one attached hydrogen (secondary N) is 3. The highest BCUT2D eigenvalue weighted by molar-refractivity contribution is 6.20. The van der Waals surface area contributed by atoms with Crippen LogP contribution in [0.2, 0.25) is 0 Å². The Balaban J connectivity index is 1.48. The Morgan fingerprint density at radius 1 is 1.31 bits per heavy atom. The summed E-state index contributed by atoms with van der Waals surface area (Å²) < 4.78 is 14.7. The lowest BCUT2D eigenvalue weighted by Gasteiger charge is -2.47. The minimum absolute atomic E-state index is 0.00741. The zero-order valence-electron chi connectivity index (χ0n) is 15.5. The summed E-state index contributed by atoms with van der Waals surface area (Å²) in [5.41, 5.74) is 7.39. The lowest BCUT2D eigenvalue weighted by atomic mass is 9.82. The number of hydrogen-bond donors (Lipinski definition) is 4. The van der Waals surface area contributed by atoms with Crippen LogP contribution in [0.15, 0.2) is 11.6 Å². The van der Waals surface area contributed by atoms with Gasteiger partial charge in [-0.15, -0.1) is 11.6 Å². The van der Waals surface area contributed by atoms with E-state index in [-0.39, 0.29) is 23.6 Å². The summed E-state index contributed by atoms with van der Waals surface area (Å²) in [6.45, 7) is 5.72. The molecule has 0 bridgehead atoms. The smallest absolute Gasteiger partial charge is 0.107 e. The number of alkyl halides is 2. The van der Waals surface area contributed by atoms with Crippen LogP contribution in [0.4, 0.5) is 4.39 Å². The first-order valence-corrected chi connectivity index (χ1v) is 10.7. The molecule has 0 radical (unpaired) electrons. The number of rotatable bonds is 4. The third kappa shape index (κ3) is 3.96. The van der Waals surface area contributed by atoms with Crippen LogP contribution < -0.4 is 21.7 Å². The molecule has 26 heavy (non-hydrogen) atoms. The van der Waals surface area contributed by atoms with Crippen LogP contribution >= 0.6 is 11.6 Å². The van der Waals surface area contributed by atoms with Gasteiger partial charge in [0.2, 0.25) is 0 Å². The number of nitrogens with two attached hydrogens (primary N) is 1. The standard InChI is InChI=1S/C19H33ClFN5/c20-14-1-2-15(17(21)7-14)18-24-10-16(13-3-5-23-9-13)19(25-18)26-6-4-12(8-22)11-26/h3,12,14-19,23-25H,1-2,4-11,22H2. The molecule has 0 amide bonds. The number of nitrogens with zero attached hydrogens (tertiary/aromatic N) is 1. The Hall–Kier alpha value is -0.240. The van der Waals surface area contributed by atoms with Crippen molar-refractivity contribution in [3.63, 3.8) is 0 Å². The fraction of sp³-hybridized carbons (Fsp3) is 0.895. The zero-order valence-corrected chi connectivity index (χ0v) is 16.2. The molecule has 3 aliphatic heterocycles. The molecule has 4 aliphatic rings. The molecule has 7 unspecified atom stereocenters. The van der Waals surface area contributed by atoms with Gasteiger partial charge in [0, 0.05) is 49.9 Å². The van der Waals surface area contributed by atoms with E-state index >= 15 is 0 Å². The van der Waals surface area contributed by atoms with Gasteiger partial charge in [-0.2, -0.15) is 0 Å². The molecule has 1 aliphatic carbocycles. The van der Waals surface area contributed by atoms with Gasteiger partial charge in [0.05, 0.1) is 12.3 Å². The maximum absolute atomic E-state index is 14.7. The molecular formula is C19H33ClFN5. The largest absolute Gasteiger partial charge is 0.330 e. The second-order valence-corrected chi connectivity index (χ2v) is 9.11. The van der Waals surface area contributed by atoms with Crippen LogP contribution in [0.5, 0.6) is 0 Å². The van der Waals surface area contributed by atoms with Crippen molar-refractivity contribution in [1.82, 2.24) is 20.9 Å². The van der Waals surface area contributed by atoms with Crippen LogP contribution in [0.1, 0.15) is 25.7 Å². The van der Waals surface area contributed by atoms with E-state index in [1.54, 1.807) is 0 Å². The molecule has 4 rings (SSSR count). The van der Waals surface area contributed by atoms with Gasteiger partial charge in [-0.1, -0.05) is 11.6 Å². The van der Waals surface area contributed by atoms with Crippen LogP contribution in [-0.4, -0.2) is 68.0 Å². The number of halogens is 2. The lowest BCUT2D eigenvalue weighted by Crippen LogP contribution is -2.67. The third-order valence-corrected chi connectivity index (χ3v) is 7.23. The average molecular weight is 386 g/mol. The molecule has 3 heterocycles. The van der Waals surface area contributed by atoms with Crippen LogP contribution in [0, 0.1) is 17.8 Å². The lowest BCUT2D eigenvalue weighted by molar-refractivity contribution is 0.0400. The van der Waals surface area contributed by atoms with Gasteiger partial charge in [0.15, 0.2) is 0 Å². The first-order chi connectivity index (χ1) is 12.7. The topological polar surface area (TPSA) is 65.3 Å². The molecule has 5 nitrogen and oxygen atoms in total. The van der Waals surface area contributed by atoms with Crippen molar-refractivity contribution >= 4 is 11.6 Å². The molecule has 0 aromatic carbocycles. The molecule has 1 saturated carbocycles. The Labute approximate surface area is 161 Å². The van der Waals surface area contributed by atoms with Crippen molar-refractivity contribution in [3.05, 3.63) is 11.6 Å². The van der Waals surface area contributed by atoms with E-state index in [2.05, 4.69) is 26.9 Å². The van der Waals surface area contributed by atoms with Crippen molar-refractivity contribution in [2.24, 2.45) is 23.5 Å². The summed E-state index contributed by atoms with van der Waals surface area (Å²) in [5, 5.41) is 10.8. The molecular weight excluding hydrogens is 353 g/mol. The van der Waals surface area contributed by atoms with Gasteiger partial charge < -0.3 is 16.4 Å². The number of likely N-dealkylation sites (tertiary alicyclic amines) is 1. The van der Waals surface area contributed by atoms with Gasteiger partial charge in [0.1, 0.15) is 6.17 Å². The summed E-state index contributed by atoms with van der Waals surface area (Å²) in [5.74, 6) is 1.03. The van der Waals surface area contributed by atoms with Crippen molar-refractivity contribution < 1.29 is 4.39 Å². The Morgan fingerprint density at radius 3 is 2.88 bits per heavy atom. The van der Waals surface area contributed by atoms with Gasteiger partial charge in [-0.25, -0.2) is 4.39 Å². The zero-order chi connectivity index (χ0) is 18.1. The minimum Gasteiger partial charge on any atom is -0.330 e. The first-order valence-electron chi connectivity index (χ1n) is 10.3. The van der Waals surface area contributed by atoms with E-state index < -0.39 is 6.17 Å². The predicted octanol–water partition coefficient (Wildman–Crippen LogP) is 1.00. The maximum atomic E-state index is 14.7. The van der Waals surface area contributed by atoms with E-state index in [9.17, 15) is 4.39 Å². The molecule has 0 spiro atoms. The Morgan fingerprint density at radius 2 is 2.19 bits per heavy atom. The van der Waals surface area contributed by atoms with E-state index in [1.807, 2.05) is 0 Å². The average Bonchev–Trinajstić information content (AvgIpc) is 3.33. The first kappa shape index (κ1) is 19.1. The van der Waals surface area contributed by atoms with Crippen LogP contribution in [-0.2, 0) is 0 Å². The molecule has 0 aromatic rings. The van der Waals surface area contributed by atoms with E-state index in [1.165, 1.54) is 12.0 Å². The highest BCUT2D eigenvalue weighted by Gasteiger charge is 2.43. The van der Waals surface area contributed by atoms with Gasteiger partial charge in [0.25, 0.3) is 0 Å². The highest BCUT2D eigenvalue weighted by Crippen LogP contribution is 2.35. The molecule has 148 valence electrons. The van der Waals surface area contributed by atoms with Crippen molar-refractivity contribution in [2.75, 3.05) is 39.3 Å². The summed E-state index contributed by atoms with van der Waals surface area (Å²) in [4.78, 5) is 2.55.